The van der Waals surface area contributed by atoms with E-state index in [2.05, 4.69) is 16.0 Å². The molecule has 2 aromatic carbocycles. The van der Waals surface area contributed by atoms with E-state index in [9.17, 15) is 14.0 Å². The van der Waals surface area contributed by atoms with Crippen molar-refractivity contribution in [1.82, 2.24) is 16.0 Å². The summed E-state index contributed by atoms with van der Waals surface area (Å²) in [4.78, 5) is 23.5. The van der Waals surface area contributed by atoms with Gasteiger partial charge in [-0.3, -0.25) is 4.79 Å². The summed E-state index contributed by atoms with van der Waals surface area (Å²) in [6.07, 6.45) is 0.747. The highest BCUT2D eigenvalue weighted by atomic mass is 35.5. The highest BCUT2D eigenvalue weighted by molar-refractivity contribution is 6.30. The Morgan fingerprint density at radius 2 is 1.79 bits per heavy atom. The minimum absolute atomic E-state index is 0.0943. The minimum Gasteiger partial charge on any atom is -0.493 e. The monoisotopic (exact) mass is 421 g/mol. The van der Waals surface area contributed by atoms with Crippen LogP contribution in [0, 0.1) is 12.7 Å². The maximum atomic E-state index is 13.1. The van der Waals surface area contributed by atoms with E-state index < -0.39 is 0 Å². The lowest BCUT2D eigenvalue weighted by Crippen LogP contribution is -2.41. The van der Waals surface area contributed by atoms with Crippen molar-refractivity contribution < 1.29 is 18.7 Å². The highest BCUT2D eigenvalue weighted by Gasteiger charge is 2.05. The number of aryl methyl sites for hydroxylation is 1. The van der Waals surface area contributed by atoms with Gasteiger partial charge >= 0.3 is 6.03 Å². The van der Waals surface area contributed by atoms with Crippen LogP contribution < -0.4 is 20.7 Å². The molecule has 0 aliphatic carbocycles. The molecule has 2 rings (SSSR count). The quantitative estimate of drug-likeness (QED) is 0.515. The molecule has 0 bridgehead atoms. The maximum absolute atomic E-state index is 13.1. The van der Waals surface area contributed by atoms with Gasteiger partial charge in [-0.25, -0.2) is 9.18 Å². The van der Waals surface area contributed by atoms with Gasteiger partial charge in [0, 0.05) is 24.7 Å². The molecular weight excluding hydrogens is 397 g/mol. The third-order valence-electron chi connectivity index (χ3n) is 3.99. The number of carbonyl (C=O) groups is 2. The van der Waals surface area contributed by atoms with Crippen LogP contribution in [0.15, 0.2) is 42.5 Å². The fourth-order valence-corrected chi connectivity index (χ4v) is 2.79. The second kappa shape index (κ2) is 11.9. The maximum Gasteiger partial charge on any atom is 0.314 e. The van der Waals surface area contributed by atoms with Gasteiger partial charge in [-0.2, -0.15) is 0 Å². The highest BCUT2D eigenvalue weighted by Crippen LogP contribution is 2.21. The molecule has 0 aliphatic rings. The Morgan fingerprint density at radius 3 is 2.55 bits per heavy atom. The van der Waals surface area contributed by atoms with Crippen molar-refractivity contribution >= 4 is 23.5 Å². The van der Waals surface area contributed by atoms with Gasteiger partial charge in [0.05, 0.1) is 13.0 Å². The van der Waals surface area contributed by atoms with Crippen LogP contribution in [0.3, 0.4) is 0 Å². The molecule has 0 aliphatic heterocycles. The van der Waals surface area contributed by atoms with Crippen LogP contribution in [-0.4, -0.2) is 38.2 Å². The molecule has 0 spiro atoms. The van der Waals surface area contributed by atoms with Crippen molar-refractivity contribution in [3.63, 3.8) is 0 Å². The number of hydrogen-bond acceptors (Lipinski definition) is 3. The SMILES string of the molecule is Cc1cc(Cl)ccc1OCCCNC(=O)NCCNC(=O)Cc1cccc(F)c1. The number of urea groups is 1. The van der Waals surface area contributed by atoms with E-state index in [4.69, 9.17) is 16.3 Å². The molecule has 0 radical (unpaired) electrons. The molecule has 0 fully saturated rings. The van der Waals surface area contributed by atoms with Gasteiger partial charge in [0.15, 0.2) is 0 Å². The van der Waals surface area contributed by atoms with Crippen LogP contribution in [0.2, 0.25) is 5.02 Å². The Kier molecular flexibility index (Phi) is 9.24. The lowest BCUT2D eigenvalue weighted by molar-refractivity contribution is -0.120. The number of nitrogens with one attached hydrogen (secondary N) is 3. The van der Waals surface area contributed by atoms with Crippen molar-refractivity contribution in [2.45, 2.75) is 19.8 Å². The fourth-order valence-electron chi connectivity index (χ4n) is 2.57. The average Bonchev–Trinajstić information content (AvgIpc) is 2.66. The summed E-state index contributed by atoms with van der Waals surface area (Å²) >= 11 is 5.90. The molecule has 3 N–H and O–H groups in total. The van der Waals surface area contributed by atoms with Crippen LogP contribution >= 0.6 is 11.6 Å². The number of carbonyl (C=O) groups excluding carboxylic acids is 2. The Morgan fingerprint density at radius 1 is 1.03 bits per heavy atom. The summed E-state index contributed by atoms with van der Waals surface area (Å²) in [7, 11) is 0. The van der Waals surface area contributed by atoms with Crippen molar-refractivity contribution in [2.75, 3.05) is 26.2 Å². The van der Waals surface area contributed by atoms with Gasteiger partial charge < -0.3 is 20.7 Å². The predicted octanol–water partition coefficient (Wildman–Crippen LogP) is 3.21. The molecule has 3 amide bonds. The Labute approximate surface area is 174 Å². The zero-order valence-electron chi connectivity index (χ0n) is 16.3. The van der Waals surface area contributed by atoms with Crippen LogP contribution in [0.25, 0.3) is 0 Å². The van der Waals surface area contributed by atoms with Crippen LogP contribution in [-0.2, 0) is 11.2 Å². The molecule has 29 heavy (non-hydrogen) atoms. The Balaban J connectivity index is 1.50. The van der Waals surface area contributed by atoms with Crippen LogP contribution in [0.4, 0.5) is 9.18 Å². The Bertz CT molecular complexity index is 833. The van der Waals surface area contributed by atoms with Gasteiger partial charge in [-0.05, 0) is 54.8 Å². The lowest BCUT2D eigenvalue weighted by Gasteiger charge is -2.11. The van der Waals surface area contributed by atoms with E-state index in [0.29, 0.717) is 43.2 Å². The molecule has 0 aromatic heterocycles. The summed E-state index contributed by atoms with van der Waals surface area (Å²) in [6.45, 7) is 3.44. The number of benzene rings is 2. The van der Waals surface area contributed by atoms with Crippen molar-refractivity contribution in [2.24, 2.45) is 0 Å². The second-order valence-corrected chi connectivity index (χ2v) is 6.89. The smallest absolute Gasteiger partial charge is 0.314 e. The molecule has 0 atom stereocenters. The number of ether oxygens (including phenoxy) is 1. The summed E-state index contributed by atoms with van der Waals surface area (Å²) in [6, 6.07) is 11.0. The van der Waals surface area contributed by atoms with E-state index in [0.717, 1.165) is 11.3 Å². The number of halogens is 2. The predicted molar refractivity (Wildman–Crippen MR) is 111 cm³/mol. The molecule has 0 heterocycles. The molecule has 0 unspecified atom stereocenters. The zero-order valence-corrected chi connectivity index (χ0v) is 17.0. The minimum atomic E-state index is -0.373. The third kappa shape index (κ3) is 8.83. The number of amides is 3. The standard InChI is InChI=1S/C21H25ClFN3O3/c1-15-12-17(22)6-7-19(15)29-11-3-8-25-21(28)26-10-9-24-20(27)14-16-4-2-5-18(23)13-16/h2,4-7,12-13H,3,8-11,14H2,1H3,(H,24,27)(H2,25,26,28). The summed E-state index contributed by atoms with van der Waals surface area (Å²) < 4.78 is 18.7. The van der Waals surface area contributed by atoms with E-state index in [1.807, 2.05) is 19.1 Å². The summed E-state index contributed by atoms with van der Waals surface area (Å²) in [5, 5.41) is 8.72. The first-order chi connectivity index (χ1) is 13.9. The normalized spacial score (nSPS) is 10.3. The molecule has 0 saturated heterocycles. The average molecular weight is 422 g/mol. The molecule has 156 valence electrons. The van der Waals surface area contributed by atoms with Crippen molar-refractivity contribution in [3.05, 3.63) is 64.4 Å². The summed E-state index contributed by atoms with van der Waals surface area (Å²) in [5.41, 5.74) is 1.56. The molecule has 0 saturated carbocycles. The largest absolute Gasteiger partial charge is 0.493 e. The third-order valence-corrected chi connectivity index (χ3v) is 4.22. The van der Waals surface area contributed by atoms with Gasteiger partial charge in [-0.15, -0.1) is 0 Å². The number of rotatable bonds is 10. The fraction of sp³-hybridized carbons (Fsp3) is 0.333. The van der Waals surface area contributed by atoms with Gasteiger partial charge in [0.25, 0.3) is 0 Å². The topological polar surface area (TPSA) is 79.5 Å². The zero-order chi connectivity index (χ0) is 21.1. The first-order valence-corrected chi connectivity index (χ1v) is 9.73. The van der Waals surface area contributed by atoms with Gasteiger partial charge in [0.1, 0.15) is 11.6 Å². The molecule has 8 heteroatoms. The first-order valence-electron chi connectivity index (χ1n) is 9.36. The van der Waals surface area contributed by atoms with E-state index in [-0.39, 0.29) is 24.2 Å². The summed E-state index contributed by atoms with van der Waals surface area (Å²) in [5.74, 6) is 0.169. The van der Waals surface area contributed by atoms with Gasteiger partial charge in [0.2, 0.25) is 5.91 Å². The van der Waals surface area contributed by atoms with E-state index in [1.54, 1.807) is 18.2 Å². The van der Waals surface area contributed by atoms with Crippen LogP contribution in [0.5, 0.6) is 5.75 Å². The molecular formula is C21H25ClFN3O3. The van der Waals surface area contributed by atoms with E-state index in [1.165, 1.54) is 12.1 Å². The molecule has 2 aromatic rings. The first kappa shape index (κ1) is 22.5. The number of hydrogen-bond donors (Lipinski definition) is 3. The lowest BCUT2D eigenvalue weighted by atomic mass is 10.1. The van der Waals surface area contributed by atoms with Crippen molar-refractivity contribution in [1.29, 1.82) is 0 Å². The van der Waals surface area contributed by atoms with Gasteiger partial charge in [-0.1, -0.05) is 23.7 Å². The second-order valence-electron chi connectivity index (χ2n) is 6.45. The van der Waals surface area contributed by atoms with Crippen LogP contribution in [0.1, 0.15) is 17.5 Å². The van der Waals surface area contributed by atoms with Crippen molar-refractivity contribution in [3.8, 4) is 5.75 Å². The Hall–Kier alpha value is -2.80. The van der Waals surface area contributed by atoms with E-state index >= 15 is 0 Å². The molecule has 6 nitrogen and oxygen atoms in total.